The molecule has 36 heavy (non-hydrogen) atoms. The van der Waals surface area contributed by atoms with Gasteiger partial charge < -0.3 is 19.2 Å². The van der Waals surface area contributed by atoms with Crippen molar-refractivity contribution in [2.45, 2.75) is 63.3 Å². The molecule has 0 bridgehead atoms. The lowest BCUT2D eigenvalue weighted by atomic mass is 9.84. The molecule has 4 rings (SSSR count). The highest BCUT2D eigenvalue weighted by Gasteiger charge is 2.32. The van der Waals surface area contributed by atoms with Crippen LogP contribution in [0.1, 0.15) is 73.2 Å². The Bertz CT molecular complexity index is 1120. The number of hydrogen-bond acceptors (Lipinski definition) is 4. The molecule has 1 aliphatic rings. The molecule has 1 saturated carbocycles. The van der Waals surface area contributed by atoms with E-state index in [0.29, 0.717) is 24.3 Å². The van der Waals surface area contributed by atoms with Crippen molar-refractivity contribution in [2.75, 3.05) is 6.61 Å². The van der Waals surface area contributed by atoms with Crippen molar-refractivity contribution in [1.82, 2.24) is 4.90 Å². The third kappa shape index (κ3) is 6.39. The Balaban J connectivity index is 1.50. The van der Waals surface area contributed by atoms with Gasteiger partial charge in [0, 0.05) is 35.1 Å². The van der Waals surface area contributed by atoms with Gasteiger partial charge in [0.1, 0.15) is 13.6 Å². The van der Waals surface area contributed by atoms with E-state index in [1.165, 1.54) is 0 Å². The van der Waals surface area contributed by atoms with Gasteiger partial charge in [-0.2, -0.15) is 0 Å². The molecule has 1 heterocycles. The van der Waals surface area contributed by atoms with Gasteiger partial charge in [0.05, 0.1) is 19.1 Å². The molecule has 0 saturated heterocycles. The number of furan rings is 1. The number of nitrogens with zero attached hydrogens (tertiary/aromatic N) is 1. The summed E-state index contributed by atoms with van der Waals surface area (Å²) < 4.78 is 11.2. The summed E-state index contributed by atoms with van der Waals surface area (Å²) >= 11 is 0. The number of para-hydroxylation sites is 1. The first-order valence-corrected chi connectivity index (χ1v) is 12.7. The Morgan fingerprint density at radius 2 is 1.75 bits per heavy atom. The first-order chi connectivity index (χ1) is 17.5. The van der Waals surface area contributed by atoms with Crippen LogP contribution in [0.4, 0.5) is 0 Å². The number of amides is 1. The molecule has 1 atom stereocenters. The summed E-state index contributed by atoms with van der Waals surface area (Å²) in [7, 11) is 6.80. The number of rotatable bonds is 12. The van der Waals surface area contributed by atoms with Gasteiger partial charge in [-0.15, -0.1) is 0 Å². The predicted molar refractivity (Wildman–Crippen MR) is 139 cm³/mol. The lowest BCUT2D eigenvalue weighted by Gasteiger charge is -2.36. The maximum atomic E-state index is 13.8. The number of unbranched alkanes of at least 4 members (excludes halogenated alkanes) is 2. The van der Waals surface area contributed by atoms with E-state index in [9.17, 15) is 9.59 Å². The average molecular weight is 485 g/mol. The van der Waals surface area contributed by atoms with Crippen molar-refractivity contribution >= 4 is 19.7 Å². The highest BCUT2D eigenvalue weighted by Crippen LogP contribution is 2.35. The molecule has 1 aliphatic carbocycles. The van der Waals surface area contributed by atoms with Crippen molar-refractivity contribution in [3.63, 3.8) is 0 Å². The molecular weight excluding hydrogens is 453 g/mol. The minimum Gasteiger partial charge on any atom is -0.493 e. The zero-order chi connectivity index (χ0) is 25.3. The van der Waals surface area contributed by atoms with E-state index in [1.807, 2.05) is 59.5 Å². The van der Waals surface area contributed by atoms with Gasteiger partial charge in [-0.3, -0.25) is 9.59 Å². The number of carbonyl (C=O) groups excluding carboxylic acids is 1. The number of benzene rings is 2. The van der Waals surface area contributed by atoms with Crippen molar-refractivity contribution in [3.05, 3.63) is 78.3 Å². The van der Waals surface area contributed by atoms with E-state index in [4.69, 9.17) is 22.1 Å². The summed E-state index contributed by atoms with van der Waals surface area (Å²) in [4.78, 5) is 26.3. The molecule has 1 aromatic heterocycles. The Morgan fingerprint density at radius 3 is 2.44 bits per heavy atom. The van der Waals surface area contributed by atoms with E-state index < -0.39 is 11.9 Å². The Labute approximate surface area is 213 Å². The minimum atomic E-state index is -0.778. The van der Waals surface area contributed by atoms with Gasteiger partial charge >= 0.3 is 5.97 Å². The topological polar surface area (TPSA) is 80.0 Å². The molecule has 1 fully saturated rings. The van der Waals surface area contributed by atoms with E-state index in [0.717, 1.165) is 55.2 Å². The van der Waals surface area contributed by atoms with E-state index in [-0.39, 0.29) is 18.4 Å². The molecule has 3 aromatic rings. The summed E-state index contributed by atoms with van der Waals surface area (Å²) in [6.45, 7) is 0.468. The fourth-order valence-electron chi connectivity index (χ4n) is 4.83. The second kappa shape index (κ2) is 12.5. The first-order valence-electron chi connectivity index (χ1n) is 12.7. The highest BCUT2D eigenvalue weighted by atomic mass is 16.5. The van der Waals surface area contributed by atoms with E-state index >= 15 is 0 Å². The van der Waals surface area contributed by atoms with E-state index in [1.54, 1.807) is 12.5 Å². The number of carbonyl (C=O) groups is 2. The van der Waals surface area contributed by atoms with Gasteiger partial charge in [0.25, 0.3) is 5.91 Å². The molecule has 7 heteroatoms. The summed E-state index contributed by atoms with van der Waals surface area (Å²) in [5, 5.41) is 8.79. The normalized spacial score (nSPS) is 14.4. The second-order valence-corrected chi connectivity index (χ2v) is 9.28. The molecule has 6 nitrogen and oxygen atoms in total. The molecule has 1 amide bonds. The van der Waals surface area contributed by atoms with Crippen molar-refractivity contribution in [3.8, 4) is 16.9 Å². The number of carboxylic acids is 1. The lowest BCUT2D eigenvalue weighted by molar-refractivity contribution is -0.137. The van der Waals surface area contributed by atoms with Crippen molar-refractivity contribution in [2.24, 2.45) is 0 Å². The third-order valence-corrected chi connectivity index (χ3v) is 6.77. The summed E-state index contributed by atoms with van der Waals surface area (Å²) in [5.74, 6) is -0.844. The van der Waals surface area contributed by atoms with E-state index in [2.05, 4.69) is 0 Å². The van der Waals surface area contributed by atoms with Crippen molar-refractivity contribution in [1.29, 1.82) is 0 Å². The van der Waals surface area contributed by atoms with Crippen molar-refractivity contribution < 1.29 is 23.8 Å². The van der Waals surface area contributed by atoms with Crippen LogP contribution in [0.15, 0.2) is 71.5 Å². The predicted octanol–water partition coefficient (Wildman–Crippen LogP) is 6.22. The molecule has 2 aromatic carbocycles. The van der Waals surface area contributed by atoms with Crippen LogP contribution in [-0.4, -0.2) is 42.4 Å². The van der Waals surface area contributed by atoms with Crippen LogP contribution in [0.25, 0.3) is 11.1 Å². The number of ether oxygens (including phenoxy) is 1. The molecule has 2 radical (unpaired) electrons. The van der Waals surface area contributed by atoms with Gasteiger partial charge in [-0.25, -0.2) is 0 Å². The van der Waals surface area contributed by atoms with Crippen LogP contribution in [0, 0.1) is 0 Å². The second-order valence-electron chi connectivity index (χ2n) is 9.28. The van der Waals surface area contributed by atoms with Crippen LogP contribution in [-0.2, 0) is 4.79 Å². The smallest absolute Gasteiger partial charge is 0.303 e. The van der Waals surface area contributed by atoms with Crippen LogP contribution in [0.3, 0.4) is 0 Å². The summed E-state index contributed by atoms with van der Waals surface area (Å²) in [6, 6.07) is 17.1. The summed E-state index contributed by atoms with van der Waals surface area (Å²) in [6.07, 6.45) is 9.66. The monoisotopic (exact) mass is 485 g/mol. The van der Waals surface area contributed by atoms with Gasteiger partial charge in [0.2, 0.25) is 0 Å². The van der Waals surface area contributed by atoms with Gasteiger partial charge in [-0.1, -0.05) is 43.2 Å². The Morgan fingerprint density at radius 1 is 1.00 bits per heavy atom. The first kappa shape index (κ1) is 25.6. The lowest BCUT2D eigenvalue weighted by Crippen LogP contribution is -2.42. The number of aliphatic carboxylic acids is 1. The maximum absolute atomic E-state index is 13.8. The standard InChI is InChI=1S/C29H32BNO5/c30-28(25-10-5-6-11-26(25)36-18-7-1-2-12-27(32)33)31(24-8-3-4-9-24)29(34)22-15-13-21(14-16-22)23-17-19-35-20-23/h5-6,10-11,13-17,19-20,24,28H,1-4,7-9,12,18H2,(H,32,33). The Hall–Kier alpha value is -3.48. The molecule has 1 unspecified atom stereocenters. The van der Waals surface area contributed by atoms with Gasteiger partial charge in [0.15, 0.2) is 0 Å². The SMILES string of the molecule is [B]C(c1ccccc1OCCCCCC(=O)O)N(C(=O)c1ccc(-c2ccoc2)cc1)C1CCCC1. The largest absolute Gasteiger partial charge is 0.493 e. The van der Waals surface area contributed by atoms with Crippen LogP contribution in [0.2, 0.25) is 0 Å². The van der Waals surface area contributed by atoms with Gasteiger partial charge in [-0.05, 0) is 61.9 Å². The molecular formula is C29H32BNO5. The number of carboxylic acid groups (broad SMARTS) is 1. The molecule has 0 spiro atoms. The van der Waals surface area contributed by atoms with Crippen LogP contribution >= 0.6 is 0 Å². The Kier molecular flexibility index (Phi) is 8.88. The molecule has 186 valence electrons. The van der Waals surface area contributed by atoms with Crippen LogP contribution in [0.5, 0.6) is 5.75 Å². The quantitative estimate of drug-likeness (QED) is 0.243. The zero-order valence-corrected chi connectivity index (χ0v) is 20.5. The third-order valence-electron chi connectivity index (χ3n) is 6.77. The zero-order valence-electron chi connectivity index (χ0n) is 20.5. The molecule has 0 aliphatic heterocycles. The fraction of sp³-hybridized carbons (Fsp3) is 0.379. The summed E-state index contributed by atoms with van der Waals surface area (Å²) in [5.41, 5.74) is 3.33. The molecule has 1 N–H and O–H groups in total. The number of hydrogen-bond donors (Lipinski definition) is 1. The highest BCUT2D eigenvalue weighted by molar-refractivity contribution is 6.14. The van der Waals surface area contributed by atoms with Crippen LogP contribution < -0.4 is 4.74 Å². The maximum Gasteiger partial charge on any atom is 0.303 e. The minimum absolute atomic E-state index is 0.0742. The average Bonchev–Trinajstić information content (AvgIpc) is 3.61. The fourth-order valence-corrected chi connectivity index (χ4v) is 4.83.